The third-order valence-corrected chi connectivity index (χ3v) is 7.50. The lowest BCUT2D eigenvalue weighted by atomic mass is 9.73. The van der Waals surface area contributed by atoms with Crippen LogP contribution in [-0.2, 0) is 9.31 Å². The molecule has 5 rings (SSSR count). The van der Waals surface area contributed by atoms with Crippen LogP contribution in [0.15, 0.2) is 60.7 Å². The second-order valence-corrected chi connectivity index (χ2v) is 9.83. The molecule has 0 saturated carbocycles. The first-order valence-electron chi connectivity index (χ1n) is 10.1. The maximum atomic E-state index is 7.29. The molecule has 1 aliphatic rings. The maximum Gasteiger partial charge on any atom is 0.495 e. The second kappa shape index (κ2) is 6.68. The van der Waals surface area contributed by atoms with Crippen LogP contribution in [-0.4, -0.2) is 18.3 Å². The van der Waals surface area contributed by atoms with Crippen molar-refractivity contribution in [3.05, 3.63) is 72.1 Å². The SMILES string of the molecule is [C-]#[N+]c1ccc(-c2c(B3OC(C)(C)C(C)(C)O3)ccc3sc4ccccc4c23)cc1. The number of hydrogen-bond acceptors (Lipinski definition) is 3. The van der Waals surface area contributed by atoms with Crippen LogP contribution in [0.5, 0.6) is 0 Å². The molecule has 3 nitrogen and oxygen atoms in total. The van der Waals surface area contributed by atoms with Gasteiger partial charge in [0.15, 0.2) is 5.69 Å². The van der Waals surface area contributed by atoms with Crippen molar-refractivity contribution in [2.24, 2.45) is 0 Å². The molecule has 4 aromatic rings. The molecule has 0 spiro atoms. The molecule has 0 bridgehead atoms. The molecule has 0 amide bonds. The molecule has 5 heteroatoms. The molecule has 0 unspecified atom stereocenters. The van der Waals surface area contributed by atoms with Crippen LogP contribution in [0.1, 0.15) is 27.7 Å². The van der Waals surface area contributed by atoms with Crippen molar-refractivity contribution in [3.8, 4) is 11.1 Å². The minimum atomic E-state index is -0.450. The van der Waals surface area contributed by atoms with E-state index in [4.69, 9.17) is 15.9 Å². The third-order valence-electron chi connectivity index (χ3n) is 6.37. The van der Waals surface area contributed by atoms with Crippen molar-refractivity contribution >= 4 is 49.8 Å². The summed E-state index contributed by atoms with van der Waals surface area (Å²) in [6.45, 7) is 15.6. The summed E-state index contributed by atoms with van der Waals surface area (Å²) in [4.78, 5) is 3.55. The van der Waals surface area contributed by atoms with E-state index in [0.29, 0.717) is 5.69 Å². The highest BCUT2D eigenvalue weighted by Gasteiger charge is 2.52. The summed E-state index contributed by atoms with van der Waals surface area (Å²) in [6, 6.07) is 20.6. The lowest BCUT2D eigenvalue weighted by Gasteiger charge is -2.32. The quantitative estimate of drug-likeness (QED) is 0.275. The first kappa shape index (κ1) is 19.3. The molecule has 0 aliphatic carbocycles. The van der Waals surface area contributed by atoms with Gasteiger partial charge in [0.05, 0.1) is 17.8 Å². The van der Waals surface area contributed by atoms with Gasteiger partial charge in [0.25, 0.3) is 0 Å². The highest BCUT2D eigenvalue weighted by Crippen LogP contribution is 2.42. The fourth-order valence-electron chi connectivity index (χ4n) is 4.01. The zero-order valence-electron chi connectivity index (χ0n) is 17.5. The van der Waals surface area contributed by atoms with Gasteiger partial charge in [-0.25, -0.2) is 4.85 Å². The van der Waals surface area contributed by atoms with E-state index in [1.807, 2.05) is 24.3 Å². The normalized spacial score (nSPS) is 17.5. The van der Waals surface area contributed by atoms with Gasteiger partial charge < -0.3 is 9.31 Å². The average Bonchev–Trinajstić information content (AvgIpc) is 3.20. The van der Waals surface area contributed by atoms with Crippen LogP contribution in [0.2, 0.25) is 0 Å². The largest absolute Gasteiger partial charge is 0.495 e. The van der Waals surface area contributed by atoms with Crippen molar-refractivity contribution in [1.29, 1.82) is 0 Å². The standard InChI is InChI=1S/C25H22BNO2S/c1-24(2)25(3,4)29-26(28-24)19-14-15-21-23(18-8-6-7-9-20(18)30-21)22(19)16-10-12-17(27-5)13-11-16/h6-15H,1-4H3. The van der Waals surface area contributed by atoms with Gasteiger partial charge in [0.2, 0.25) is 0 Å². The Morgan fingerprint density at radius 2 is 1.50 bits per heavy atom. The molecule has 148 valence electrons. The Morgan fingerprint density at radius 1 is 0.833 bits per heavy atom. The monoisotopic (exact) mass is 411 g/mol. The second-order valence-electron chi connectivity index (χ2n) is 8.75. The highest BCUT2D eigenvalue weighted by atomic mass is 32.1. The van der Waals surface area contributed by atoms with Gasteiger partial charge in [-0.1, -0.05) is 48.5 Å². The Morgan fingerprint density at radius 3 is 2.17 bits per heavy atom. The van der Waals surface area contributed by atoms with E-state index in [-0.39, 0.29) is 0 Å². The van der Waals surface area contributed by atoms with Crippen LogP contribution >= 0.6 is 11.3 Å². The van der Waals surface area contributed by atoms with E-state index in [2.05, 4.69) is 68.9 Å². The van der Waals surface area contributed by atoms with E-state index in [1.54, 1.807) is 11.3 Å². The Kier molecular flexibility index (Phi) is 4.30. The van der Waals surface area contributed by atoms with Crippen molar-refractivity contribution in [2.75, 3.05) is 0 Å². The minimum absolute atomic E-state index is 0.408. The van der Waals surface area contributed by atoms with Gasteiger partial charge in [0, 0.05) is 20.2 Å². The predicted molar refractivity (Wildman–Crippen MR) is 127 cm³/mol. The third kappa shape index (κ3) is 2.87. The molecule has 3 aromatic carbocycles. The topological polar surface area (TPSA) is 22.8 Å². The Labute approximate surface area is 181 Å². The van der Waals surface area contributed by atoms with Gasteiger partial charge in [0.1, 0.15) is 0 Å². The van der Waals surface area contributed by atoms with Crippen LogP contribution < -0.4 is 5.46 Å². The average molecular weight is 411 g/mol. The fraction of sp³-hybridized carbons (Fsp3) is 0.240. The van der Waals surface area contributed by atoms with Crippen molar-refractivity contribution < 1.29 is 9.31 Å². The molecular formula is C25H22BNO2S. The number of benzene rings is 3. The molecule has 0 atom stereocenters. The van der Waals surface area contributed by atoms with Crippen LogP contribution in [0, 0.1) is 6.57 Å². The Hall–Kier alpha value is -2.65. The minimum Gasteiger partial charge on any atom is -0.399 e. The Bertz CT molecular complexity index is 1300. The molecule has 1 aromatic heterocycles. The lowest BCUT2D eigenvalue weighted by Crippen LogP contribution is -2.41. The number of fused-ring (bicyclic) bond motifs is 3. The maximum absolute atomic E-state index is 7.29. The van der Waals surface area contributed by atoms with Gasteiger partial charge >= 0.3 is 7.12 Å². The van der Waals surface area contributed by atoms with Crippen molar-refractivity contribution in [2.45, 2.75) is 38.9 Å². The molecule has 0 N–H and O–H groups in total. The van der Waals surface area contributed by atoms with Gasteiger partial charge in [-0.15, -0.1) is 11.3 Å². The van der Waals surface area contributed by atoms with E-state index in [0.717, 1.165) is 16.6 Å². The number of rotatable bonds is 2. The van der Waals surface area contributed by atoms with Gasteiger partial charge in [-0.2, -0.15) is 0 Å². The van der Waals surface area contributed by atoms with Gasteiger partial charge in [-0.3, -0.25) is 0 Å². The number of hydrogen-bond donors (Lipinski definition) is 0. The molecule has 0 radical (unpaired) electrons. The van der Waals surface area contributed by atoms with Crippen molar-refractivity contribution in [3.63, 3.8) is 0 Å². The summed E-state index contributed by atoms with van der Waals surface area (Å²) < 4.78 is 15.4. The summed E-state index contributed by atoms with van der Waals surface area (Å²) in [5.74, 6) is 0. The van der Waals surface area contributed by atoms with Gasteiger partial charge in [-0.05, 0) is 56.4 Å². The number of thiophene rings is 1. The van der Waals surface area contributed by atoms with E-state index >= 15 is 0 Å². The fourth-order valence-corrected chi connectivity index (χ4v) is 5.13. The van der Waals surface area contributed by atoms with Crippen LogP contribution in [0.25, 0.3) is 36.1 Å². The summed E-state index contributed by atoms with van der Waals surface area (Å²) in [5, 5.41) is 2.46. The zero-order valence-corrected chi connectivity index (χ0v) is 18.3. The number of nitrogens with zero attached hydrogens (tertiary/aromatic N) is 1. The molecule has 1 fully saturated rings. The summed E-state index contributed by atoms with van der Waals surface area (Å²) in [5.41, 5.74) is 3.04. The molecule has 30 heavy (non-hydrogen) atoms. The first-order valence-corrected chi connectivity index (χ1v) is 10.9. The Balaban J connectivity index is 1.81. The smallest absolute Gasteiger partial charge is 0.399 e. The van der Waals surface area contributed by atoms with E-state index in [9.17, 15) is 0 Å². The molecule has 1 aliphatic heterocycles. The molecule has 1 saturated heterocycles. The van der Waals surface area contributed by atoms with Crippen LogP contribution in [0.4, 0.5) is 5.69 Å². The predicted octanol–water partition coefficient (Wildman–Crippen LogP) is 6.57. The van der Waals surface area contributed by atoms with E-state index < -0.39 is 18.3 Å². The highest BCUT2D eigenvalue weighted by molar-refractivity contribution is 7.26. The molecule has 2 heterocycles. The zero-order chi connectivity index (χ0) is 21.1. The van der Waals surface area contributed by atoms with Crippen molar-refractivity contribution in [1.82, 2.24) is 0 Å². The summed E-state index contributed by atoms with van der Waals surface area (Å²) in [7, 11) is -0.450. The summed E-state index contributed by atoms with van der Waals surface area (Å²) in [6.07, 6.45) is 0. The van der Waals surface area contributed by atoms with E-state index in [1.165, 1.54) is 20.2 Å². The summed E-state index contributed by atoms with van der Waals surface area (Å²) >= 11 is 1.80. The molecular weight excluding hydrogens is 389 g/mol. The van der Waals surface area contributed by atoms with Crippen LogP contribution in [0.3, 0.4) is 0 Å². The lowest BCUT2D eigenvalue weighted by molar-refractivity contribution is 0.00578. The first-order chi connectivity index (χ1) is 14.3.